The molecule has 2 aromatic carbocycles. The minimum atomic E-state index is -0.247. The lowest BCUT2D eigenvalue weighted by atomic mass is 10.2. The summed E-state index contributed by atoms with van der Waals surface area (Å²) < 4.78 is 0. The Labute approximate surface area is 127 Å². The summed E-state index contributed by atoms with van der Waals surface area (Å²) in [5.74, 6) is 0. The average molecular weight is 307 g/mol. The zero-order valence-corrected chi connectivity index (χ0v) is 12.6. The second kappa shape index (κ2) is 7.22. The molecule has 0 saturated carbocycles. The van der Waals surface area contributed by atoms with Gasteiger partial charge in [0.05, 0.1) is 0 Å². The van der Waals surface area contributed by atoms with E-state index in [0.717, 1.165) is 16.1 Å². The van der Waals surface area contributed by atoms with Gasteiger partial charge in [0.1, 0.15) is 0 Å². The molecule has 0 aromatic heterocycles. The number of thioether (sulfide) groups is 1. The highest BCUT2D eigenvalue weighted by Crippen LogP contribution is 2.19. The number of nitrogens with one attached hydrogen (secondary N) is 2. The molecule has 0 atom stereocenters. The van der Waals surface area contributed by atoms with Gasteiger partial charge in [-0.05, 0) is 36.1 Å². The number of benzene rings is 2. The summed E-state index contributed by atoms with van der Waals surface area (Å²) in [5.41, 5.74) is 1.66. The molecule has 0 spiro atoms. The fourth-order valence-corrected chi connectivity index (χ4v) is 2.36. The lowest BCUT2D eigenvalue weighted by Crippen LogP contribution is -2.28. The maximum absolute atomic E-state index is 11.8. The van der Waals surface area contributed by atoms with Crippen molar-refractivity contribution in [3.05, 3.63) is 59.1 Å². The van der Waals surface area contributed by atoms with Crippen molar-refractivity contribution < 1.29 is 4.79 Å². The Bertz CT molecular complexity index is 604. The van der Waals surface area contributed by atoms with E-state index in [1.165, 1.54) is 0 Å². The number of amides is 2. The molecule has 0 unspecified atom stereocenters. The van der Waals surface area contributed by atoms with E-state index in [9.17, 15) is 4.79 Å². The Morgan fingerprint density at radius 2 is 2.00 bits per heavy atom. The fourth-order valence-electron chi connectivity index (χ4n) is 1.69. The Balaban J connectivity index is 1.91. The van der Waals surface area contributed by atoms with E-state index in [1.807, 2.05) is 48.7 Å². The van der Waals surface area contributed by atoms with Crippen LogP contribution in [-0.2, 0) is 6.54 Å². The van der Waals surface area contributed by atoms with E-state index in [-0.39, 0.29) is 6.03 Å². The van der Waals surface area contributed by atoms with Crippen LogP contribution in [0.2, 0.25) is 5.02 Å². The van der Waals surface area contributed by atoms with Crippen molar-refractivity contribution in [3.63, 3.8) is 0 Å². The summed E-state index contributed by atoms with van der Waals surface area (Å²) in [6.45, 7) is 0.397. The molecule has 2 rings (SSSR count). The van der Waals surface area contributed by atoms with Crippen molar-refractivity contribution in [2.45, 2.75) is 11.4 Å². The summed E-state index contributed by atoms with van der Waals surface area (Å²) >= 11 is 7.67. The first kappa shape index (κ1) is 14.8. The summed E-state index contributed by atoms with van der Waals surface area (Å²) in [7, 11) is 0. The number of hydrogen-bond acceptors (Lipinski definition) is 2. The molecule has 0 fully saturated rings. The molecule has 2 N–H and O–H groups in total. The van der Waals surface area contributed by atoms with Crippen molar-refractivity contribution in [1.29, 1.82) is 0 Å². The minimum Gasteiger partial charge on any atom is -0.334 e. The van der Waals surface area contributed by atoms with Crippen LogP contribution in [-0.4, -0.2) is 12.3 Å². The molecule has 0 saturated heterocycles. The van der Waals surface area contributed by atoms with Gasteiger partial charge in [0.2, 0.25) is 0 Å². The number of carbonyl (C=O) groups excluding carboxylic acids is 1. The molecule has 0 bridgehead atoms. The summed E-state index contributed by atoms with van der Waals surface area (Å²) in [4.78, 5) is 12.9. The fraction of sp³-hybridized carbons (Fsp3) is 0.133. The molecule has 0 aliphatic heterocycles. The van der Waals surface area contributed by atoms with E-state index in [4.69, 9.17) is 11.6 Å². The maximum Gasteiger partial charge on any atom is 0.319 e. The first-order chi connectivity index (χ1) is 9.69. The number of carbonyl (C=O) groups is 1. The molecular formula is C15H15ClN2OS. The summed E-state index contributed by atoms with van der Waals surface area (Å²) in [6, 6.07) is 14.9. The van der Waals surface area contributed by atoms with Crippen LogP contribution < -0.4 is 10.6 Å². The second-order valence-corrected chi connectivity index (χ2v) is 5.42. The van der Waals surface area contributed by atoms with Gasteiger partial charge in [-0.15, -0.1) is 11.8 Å². The number of anilines is 1. The number of halogens is 1. The van der Waals surface area contributed by atoms with Gasteiger partial charge in [-0.1, -0.05) is 35.9 Å². The zero-order chi connectivity index (χ0) is 14.4. The standard InChI is InChI=1S/C15H15ClN2OS/c1-20-13-7-4-6-12(9-13)18-15(19)17-10-11-5-2-3-8-14(11)16/h2-9H,10H2,1H3,(H2,17,18,19). The van der Waals surface area contributed by atoms with Crippen LogP contribution in [0.3, 0.4) is 0 Å². The molecule has 20 heavy (non-hydrogen) atoms. The highest BCUT2D eigenvalue weighted by Gasteiger charge is 2.04. The number of hydrogen-bond donors (Lipinski definition) is 2. The van der Waals surface area contributed by atoms with Crippen molar-refractivity contribution in [1.82, 2.24) is 5.32 Å². The predicted molar refractivity (Wildman–Crippen MR) is 85.5 cm³/mol. The average Bonchev–Trinajstić information content (AvgIpc) is 2.46. The van der Waals surface area contributed by atoms with E-state index in [2.05, 4.69) is 10.6 Å². The van der Waals surface area contributed by atoms with Gasteiger partial charge in [0.15, 0.2) is 0 Å². The predicted octanol–water partition coefficient (Wildman–Crippen LogP) is 4.38. The molecule has 0 radical (unpaired) electrons. The van der Waals surface area contributed by atoms with Crippen molar-refractivity contribution in [2.24, 2.45) is 0 Å². The first-order valence-corrected chi connectivity index (χ1v) is 7.71. The Morgan fingerprint density at radius 1 is 1.20 bits per heavy atom. The van der Waals surface area contributed by atoms with Crippen molar-refractivity contribution >= 4 is 35.1 Å². The third-order valence-electron chi connectivity index (χ3n) is 2.72. The van der Waals surface area contributed by atoms with Gasteiger partial charge >= 0.3 is 6.03 Å². The SMILES string of the molecule is CSc1cccc(NC(=O)NCc2ccccc2Cl)c1. The number of rotatable bonds is 4. The Morgan fingerprint density at radius 3 is 2.75 bits per heavy atom. The highest BCUT2D eigenvalue weighted by atomic mass is 35.5. The normalized spacial score (nSPS) is 10.1. The molecule has 0 heterocycles. The van der Waals surface area contributed by atoms with Crippen LogP contribution in [0.5, 0.6) is 0 Å². The first-order valence-electron chi connectivity index (χ1n) is 6.11. The molecule has 0 aliphatic carbocycles. The molecule has 2 amide bonds. The van der Waals surface area contributed by atoms with Crippen molar-refractivity contribution in [3.8, 4) is 0 Å². The van der Waals surface area contributed by atoms with Crippen LogP contribution >= 0.6 is 23.4 Å². The van der Waals surface area contributed by atoms with E-state index in [1.54, 1.807) is 17.8 Å². The molecule has 104 valence electrons. The van der Waals surface area contributed by atoms with Gasteiger partial charge in [-0.2, -0.15) is 0 Å². The summed E-state index contributed by atoms with van der Waals surface area (Å²) in [6.07, 6.45) is 2.00. The monoisotopic (exact) mass is 306 g/mol. The molecule has 3 nitrogen and oxygen atoms in total. The van der Waals surface area contributed by atoms with Crippen molar-refractivity contribution in [2.75, 3.05) is 11.6 Å². The molecule has 0 aliphatic rings. The number of urea groups is 1. The van der Waals surface area contributed by atoms with E-state index < -0.39 is 0 Å². The van der Waals surface area contributed by atoms with Crippen LogP contribution in [0.15, 0.2) is 53.4 Å². The minimum absolute atomic E-state index is 0.247. The largest absolute Gasteiger partial charge is 0.334 e. The van der Waals surface area contributed by atoms with Gasteiger partial charge in [-0.25, -0.2) is 4.79 Å². The molecule has 2 aromatic rings. The van der Waals surface area contributed by atoms with Gasteiger partial charge in [0.25, 0.3) is 0 Å². The molecule has 5 heteroatoms. The van der Waals surface area contributed by atoms with Gasteiger partial charge < -0.3 is 10.6 Å². The van der Waals surface area contributed by atoms with Crippen LogP contribution in [0.1, 0.15) is 5.56 Å². The summed E-state index contributed by atoms with van der Waals surface area (Å²) in [5, 5.41) is 6.23. The van der Waals surface area contributed by atoms with Gasteiger partial charge in [-0.3, -0.25) is 0 Å². The lowest BCUT2D eigenvalue weighted by molar-refractivity contribution is 0.251. The zero-order valence-electron chi connectivity index (χ0n) is 11.0. The van der Waals surface area contributed by atoms with E-state index >= 15 is 0 Å². The lowest BCUT2D eigenvalue weighted by Gasteiger charge is -2.09. The topological polar surface area (TPSA) is 41.1 Å². The Kier molecular flexibility index (Phi) is 5.32. The van der Waals surface area contributed by atoms with Gasteiger partial charge in [0, 0.05) is 22.2 Å². The van der Waals surface area contributed by atoms with E-state index in [0.29, 0.717) is 11.6 Å². The van der Waals surface area contributed by atoms with Crippen LogP contribution in [0.25, 0.3) is 0 Å². The maximum atomic E-state index is 11.8. The smallest absolute Gasteiger partial charge is 0.319 e. The quantitative estimate of drug-likeness (QED) is 0.823. The Hall–Kier alpha value is -1.65. The molecular weight excluding hydrogens is 292 g/mol. The third-order valence-corrected chi connectivity index (χ3v) is 3.82. The van der Waals surface area contributed by atoms with Crippen LogP contribution in [0, 0.1) is 0 Å². The highest BCUT2D eigenvalue weighted by molar-refractivity contribution is 7.98. The third kappa shape index (κ3) is 4.18. The second-order valence-electron chi connectivity index (χ2n) is 4.13. The van der Waals surface area contributed by atoms with Crippen LogP contribution in [0.4, 0.5) is 10.5 Å².